The van der Waals surface area contributed by atoms with Crippen LogP contribution in [0.3, 0.4) is 0 Å². The van der Waals surface area contributed by atoms with Crippen molar-refractivity contribution in [3.05, 3.63) is 94.7 Å². The van der Waals surface area contributed by atoms with Crippen molar-refractivity contribution in [2.45, 2.75) is 5.16 Å². The number of ketones is 1. The predicted molar refractivity (Wildman–Crippen MR) is 116 cm³/mol. The molecule has 0 radical (unpaired) electrons. The molecule has 144 valence electrons. The average Bonchev–Trinajstić information content (AvgIpc) is 3.17. The molecule has 0 spiro atoms. The van der Waals surface area contributed by atoms with Crippen LogP contribution in [0.25, 0.3) is 17.1 Å². The van der Waals surface area contributed by atoms with E-state index < -0.39 is 0 Å². The summed E-state index contributed by atoms with van der Waals surface area (Å²) in [5.74, 6) is 0.405. The molecule has 7 heteroatoms. The number of Topliss-reactive ketones (excluding diaryl/α,β-unsaturated/α-hetero) is 1. The fourth-order valence-corrected chi connectivity index (χ4v) is 4.08. The second-order valence-electron chi connectivity index (χ2n) is 6.21. The molecular formula is C22H15BrFN3OS. The summed E-state index contributed by atoms with van der Waals surface area (Å²) in [6, 6.07) is 23.2. The monoisotopic (exact) mass is 467 g/mol. The lowest BCUT2D eigenvalue weighted by molar-refractivity contribution is 0.102. The van der Waals surface area contributed by atoms with E-state index in [2.05, 4.69) is 26.1 Å². The second-order valence-corrected chi connectivity index (χ2v) is 8.06. The van der Waals surface area contributed by atoms with Crippen molar-refractivity contribution >= 4 is 33.5 Å². The minimum atomic E-state index is -0.364. The van der Waals surface area contributed by atoms with Gasteiger partial charge in [0.05, 0.1) is 5.75 Å². The Kier molecular flexibility index (Phi) is 5.87. The Morgan fingerprint density at radius 3 is 2.45 bits per heavy atom. The van der Waals surface area contributed by atoms with Crippen LogP contribution < -0.4 is 0 Å². The molecule has 0 bridgehead atoms. The first-order chi connectivity index (χ1) is 14.1. The highest BCUT2D eigenvalue weighted by Gasteiger charge is 2.18. The van der Waals surface area contributed by atoms with Crippen molar-refractivity contribution in [1.29, 1.82) is 0 Å². The van der Waals surface area contributed by atoms with Crippen molar-refractivity contribution in [2.24, 2.45) is 0 Å². The summed E-state index contributed by atoms with van der Waals surface area (Å²) in [6.45, 7) is 0. The van der Waals surface area contributed by atoms with Crippen molar-refractivity contribution < 1.29 is 9.18 Å². The number of carbonyl (C=O) groups is 1. The number of aromatic nitrogens is 3. The molecule has 0 aliphatic rings. The van der Waals surface area contributed by atoms with E-state index in [4.69, 9.17) is 0 Å². The van der Waals surface area contributed by atoms with Gasteiger partial charge < -0.3 is 0 Å². The van der Waals surface area contributed by atoms with E-state index in [1.54, 1.807) is 0 Å². The third-order valence-electron chi connectivity index (χ3n) is 4.23. The molecule has 0 amide bonds. The first kappa shape index (κ1) is 19.5. The van der Waals surface area contributed by atoms with Crippen LogP contribution >= 0.6 is 27.7 Å². The second kappa shape index (κ2) is 8.71. The van der Waals surface area contributed by atoms with Gasteiger partial charge in [0.25, 0.3) is 0 Å². The molecular weight excluding hydrogens is 453 g/mol. The number of carbonyl (C=O) groups excluding carboxylic acids is 1. The van der Waals surface area contributed by atoms with Crippen molar-refractivity contribution in [3.63, 3.8) is 0 Å². The molecule has 1 heterocycles. The fourth-order valence-electron chi connectivity index (χ4n) is 2.84. The SMILES string of the molecule is O=C(CSc1nnc(-c2cccc(Br)c2)n1-c1ccccc1)c1ccc(F)cc1. The van der Waals surface area contributed by atoms with E-state index in [0.29, 0.717) is 16.5 Å². The first-order valence-corrected chi connectivity index (χ1v) is 10.6. The summed E-state index contributed by atoms with van der Waals surface area (Å²) in [5.41, 5.74) is 2.29. The predicted octanol–water partition coefficient (Wildman–Crippen LogP) is 5.81. The maximum atomic E-state index is 13.1. The summed E-state index contributed by atoms with van der Waals surface area (Å²) in [5, 5.41) is 9.32. The van der Waals surface area contributed by atoms with E-state index >= 15 is 0 Å². The van der Waals surface area contributed by atoms with Crippen LogP contribution in [0.1, 0.15) is 10.4 Å². The van der Waals surface area contributed by atoms with E-state index in [1.807, 2.05) is 59.2 Å². The van der Waals surface area contributed by atoms with Crippen LogP contribution in [0.2, 0.25) is 0 Å². The van der Waals surface area contributed by atoms with Crippen LogP contribution in [0, 0.1) is 5.82 Å². The third kappa shape index (κ3) is 4.46. The van der Waals surface area contributed by atoms with Gasteiger partial charge in [-0.3, -0.25) is 9.36 Å². The van der Waals surface area contributed by atoms with Gasteiger partial charge in [-0.1, -0.05) is 58.0 Å². The Hall–Kier alpha value is -2.77. The Labute approximate surface area is 179 Å². The molecule has 0 atom stereocenters. The third-order valence-corrected chi connectivity index (χ3v) is 5.65. The van der Waals surface area contributed by atoms with E-state index in [-0.39, 0.29) is 17.4 Å². The molecule has 0 fully saturated rings. The van der Waals surface area contributed by atoms with Crippen LogP contribution in [0.4, 0.5) is 4.39 Å². The topological polar surface area (TPSA) is 47.8 Å². The largest absolute Gasteiger partial charge is 0.293 e. The molecule has 4 nitrogen and oxygen atoms in total. The van der Waals surface area contributed by atoms with Crippen molar-refractivity contribution in [2.75, 3.05) is 5.75 Å². The van der Waals surface area contributed by atoms with Crippen LogP contribution in [-0.4, -0.2) is 26.3 Å². The maximum Gasteiger partial charge on any atom is 0.196 e. The molecule has 3 aromatic carbocycles. The number of halogens is 2. The molecule has 4 aromatic rings. The Bertz CT molecular complexity index is 1150. The van der Waals surface area contributed by atoms with Crippen molar-refractivity contribution in [1.82, 2.24) is 14.8 Å². The minimum Gasteiger partial charge on any atom is -0.293 e. The standard InChI is InChI=1S/C22H15BrFN3OS/c23-17-6-4-5-16(13-17)21-25-26-22(27(21)19-7-2-1-3-8-19)29-14-20(28)15-9-11-18(24)12-10-15/h1-13H,14H2. The van der Waals surface area contributed by atoms with Gasteiger partial charge in [0, 0.05) is 21.3 Å². The molecule has 1 aromatic heterocycles. The average molecular weight is 468 g/mol. The quantitative estimate of drug-likeness (QED) is 0.265. The number of thioether (sulfide) groups is 1. The zero-order valence-corrected chi connectivity index (χ0v) is 17.5. The highest BCUT2D eigenvalue weighted by atomic mass is 79.9. The minimum absolute atomic E-state index is 0.0957. The zero-order chi connectivity index (χ0) is 20.2. The van der Waals surface area contributed by atoms with E-state index in [9.17, 15) is 9.18 Å². The number of rotatable bonds is 6. The van der Waals surface area contributed by atoms with Crippen LogP contribution in [-0.2, 0) is 0 Å². The molecule has 0 unspecified atom stereocenters. The number of benzene rings is 3. The van der Waals surface area contributed by atoms with Gasteiger partial charge in [-0.25, -0.2) is 4.39 Å². The Balaban J connectivity index is 1.66. The molecule has 29 heavy (non-hydrogen) atoms. The lowest BCUT2D eigenvalue weighted by Crippen LogP contribution is -2.05. The van der Waals surface area contributed by atoms with Gasteiger partial charge in [0.1, 0.15) is 5.82 Å². The van der Waals surface area contributed by atoms with Gasteiger partial charge in [0.15, 0.2) is 16.8 Å². The maximum absolute atomic E-state index is 13.1. The summed E-state index contributed by atoms with van der Waals surface area (Å²) in [4.78, 5) is 12.5. The molecule has 0 N–H and O–H groups in total. The normalized spacial score (nSPS) is 10.8. The summed E-state index contributed by atoms with van der Waals surface area (Å²) >= 11 is 4.80. The lowest BCUT2D eigenvalue weighted by atomic mass is 10.1. The molecule has 4 rings (SSSR count). The zero-order valence-electron chi connectivity index (χ0n) is 15.1. The highest BCUT2D eigenvalue weighted by Crippen LogP contribution is 2.29. The molecule has 0 aliphatic heterocycles. The van der Waals surface area contributed by atoms with Gasteiger partial charge in [-0.2, -0.15) is 0 Å². The number of nitrogens with zero attached hydrogens (tertiary/aromatic N) is 3. The summed E-state index contributed by atoms with van der Waals surface area (Å²) in [6.07, 6.45) is 0. The van der Waals surface area contributed by atoms with Gasteiger partial charge in [-0.15, -0.1) is 10.2 Å². The fraction of sp³-hybridized carbons (Fsp3) is 0.0455. The Morgan fingerprint density at radius 2 is 1.72 bits per heavy atom. The lowest BCUT2D eigenvalue weighted by Gasteiger charge is -2.10. The Morgan fingerprint density at radius 1 is 0.966 bits per heavy atom. The highest BCUT2D eigenvalue weighted by molar-refractivity contribution is 9.10. The van der Waals surface area contributed by atoms with Crippen LogP contribution in [0.5, 0.6) is 0 Å². The first-order valence-electron chi connectivity index (χ1n) is 8.80. The van der Waals surface area contributed by atoms with Gasteiger partial charge >= 0.3 is 0 Å². The van der Waals surface area contributed by atoms with Crippen molar-refractivity contribution in [3.8, 4) is 17.1 Å². The molecule has 0 saturated carbocycles. The van der Waals surface area contributed by atoms with Gasteiger partial charge in [-0.05, 0) is 48.5 Å². The smallest absolute Gasteiger partial charge is 0.196 e. The van der Waals surface area contributed by atoms with E-state index in [1.165, 1.54) is 36.0 Å². The molecule has 0 aliphatic carbocycles. The summed E-state index contributed by atoms with van der Waals surface area (Å²) < 4.78 is 16.0. The van der Waals surface area contributed by atoms with Gasteiger partial charge in [0.2, 0.25) is 0 Å². The van der Waals surface area contributed by atoms with Crippen LogP contribution in [0.15, 0.2) is 88.5 Å². The molecule has 0 saturated heterocycles. The summed E-state index contributed by atoms with van der Waals surface area (Å²) in [7, 11) is 0. The number of para-hydroxylation sites is 1. The van der Waals surface area contributed by atoms with E-state index in [0.717, 1.165) is 15.7 Å². The number of hydrogen-bond acceptors (Lipinski definition) is 4. The number of hydrogen-bond donors (Lipinski definition) is 0.